The first-order valence-corrected chi connectivity index (χ1v) is 6.65. The summed E-state index contributed by atoms with van der Waals surface area (Å²) in [5.74, 6) is 0.774. The first kappa shape index (κ1) is 11.5. The van der Waals surface area contributed by atoms with E-state index in [2.05, 4.69) is 45.2 Å². The van der Waals surface area contributed by atoms with Crippen LogP contribution in [0.25, 0.3) is 0 Å². The fraction of sp³-hybridized carbons (Fsp3) is 0.400. The minimum absolute atomic E-state index is 0.774. The number of nitrogens with zero attached hydrogens (tertiary/aromatic N) is 2. The van der Waals surface area contributed by atoms with Crippen LogP contribution in [-0.4, -0.2) is 22.6 Å². The van der Waals surface area contributed by atoms with Gasteiger partial charge in [-0.3, -0.25) is 0 Å². The van der Waals surface area contributed by atoms with Gasteiger partial charge in [0.15, 0.2) is 0 Å². The van der Waals surface area contributed by atoms with Gasteiger partial charge in [-0.2, -0.15) is 0 Å². The Morgan fingerprint density at radius 1 is 1.28 bits per heavy atom. The molecule has 0 radical (unpaired) electrons. The summed E-state index contributed by atoms with van der Waals surface area (Å²) in [7, 11) is 0. The highest BCUT2D eigenvalue weighted by atomic mass is 15.0. The smallest absolute Gasteiger partial charge is 0.0951 e. The van der Waals surface area contributed by atoms with Gasteiger partial charge in [-0.15, -0.1) is 0 Å². The van der Waals surface area contributed by atoms with Crippen LogP contribution in [0.3, 0.4) is 0 Å². The highest BCUT2D eigenvalue weighted by Crippen LogP contribution is 2.15. The average molecular weight is 241 g/mol. The molecule has 94 valence electrons. The molecule has 0 amide bonds. The van der Waals surface area contributed by atoms with Gasteiger partial charge in [-0.1, -0.05) is 30.3 Å². The lowest BCUT2D eigenvalue weighted by atomic mass is 10.0. The number of hydrogen-bond donors (Lipinski definition) is 1. The SMILES string of the molecule is c1ccc(Cn2cncc2CC2CCNC2)cc1. The predicted molar refractivity (Wildman–Crippen MR) is 72.5 cm³/mol. The van der Waals surface area contributed by atoms with Crippen molar-refractivity contribution in [2.45, 2.75) is 19.4 Å². The quantitative estimate of drug-likeness (QED) is 0.888. The summed E-state index contributed by atoms with van der Waals surface area (Å²) in [6, 6.07) is 10.6. The van der Waals surface area contributed by atoms with Crippen molar-refractivity contribution in [1.29, 1.82) is 0 Å². The molecule has 1 fully saturated rings. The van der Waals surface area contributed by atoms with Gasteiger partial charge in [-0.05, 0) is 37.4 Å². The molecule has 0 saturated carbocycles. The topological polar surface area (TPSA) is 29.9 Å². The van der Waals surface area contributed by atoms with E-state index in [9.17, 15) is 0 Å². The molecule has 18 heavy (non-hydrogen) atoms. The highest BCUT2D eigenvalue weighted by molar-refractivity contribution is 5.16. The fourth-order valence-corrected chi connectivity index (χ4v) is 2.63. The number of imidazole rings is 1. The van der Waals surface area contributed by atoms with Crippen LogP contribution in [0.5, 0.6) is 0 Å². The molecule has 1 aromatic heterocycles. The van der Waals surface area contributed by atoms with E-state index in [0.717, 1.165) is 32.0 Å². The maximum atomic E-state index is 4.30. The Hall–Kier alpha value is -1.61. The number of rotatable bonds is 4. The van der Waals surface area contributed by atoms with Crippen LogP contribution in [0.1, 0.15) is 17.7 Å². The van der Waals surface area contributed by atoms with Gasteiger partial charge in [0.25, 0.3) is 0 Å². The fourth-order valence-electron chi connectivity index (χ4n) is 2.63. The predicted octanol–water partition coefficient (Wildman–Crippen LogP) is 2.08. The van der Waals surface area contributed by atoms with E-state index in [1.165, 1.54) is 17.7 Å². The molecule has 3 heteroatoms. The summed E-state index contributed by atoms with van der Waals surface area (Å²) in [5, 5.41) is 3.42. The minimum atomic E-state index is 0.774. The largest absolute Gasteiger partial charge is 0.330 e. The maximum absolute atomic E-state index is 4.30. The number of aromatic nitrogens is 2. The van der Waals surface area contributed by atoms with Gasteiger partial charge in [-0.25, -0.2) is 4.98 Å². The van der Waals surface area contributed by atoms with Gasteiger partial charge in [0.1, 0.15) is 0 Å². The standard InChI is InChI=1S/C15H19N3/c1-2-4-13(5-3-1)11-18-12-17-10-15(18)8-14-6-7-16-9-14/h1-5,10,12,14,16H,6-9,11H2. The zero-order valence-corrected chi connectivity index (χ0v) is 10.5. The van der Waals surface area contributed by atoms with Gasteiger partial charge in [0, 0.05) is 18.4 Å². The second-order valence-corrected chi connectivity index (χ2v) is 5.06. The van der Waals surface area contributed by atoms with Crippen molar-refractivity contribution in [3.8, 4) is 0 Å². The third-order valence-electron chi connectivity index (χ3n) is 3.65. The highest BCUT2D eigenvalue weighted by Gasteiger charge is 2.16. The molecule has 0 aliphatic carbocycles. The van der Waals surface area contributed by atoms with Crippen molar-refractivity contribution in [2.75, 3.05) is 13.1 Å². The molecule has 2 aromatic rings. The zero-order chi connectivity index (χ0) is 12.2. The zero-order valence-electron chi connectivity index (χ0n) is 10.5. The summed E-state index contributed by atoms with van der Waals surface area (Å²) in [5.41, 5.74) is 2.69. The lowest BCUT2D eigenvalue weighted by Crippen LogP contribution is -2.13. The normalized spacial score (nSPS) is 19.2. The Labute approximate surface area is 108 Å². The van der Waals surface area contributed by atoms with Crippen LogP contribution >= 0.6 is 0 Å². The van der Waals surface area contributed by atoms with Gasteiger partial charge in [0.2, 0.25) is 0 Å². The summed E-state index contributed by atoms with van der Waals surface area (Å²) < 4.78 is 2.27. The van der Waals surface area contributed by atoms with Crippen LogP contribution in [0.4, 0.5) is 0 Å². The first-order chi connectivity index (χ1) is 8.92. The van der Waals surface area contributed by atoms with Crippen LogP contribution in [0.2, 0.25) is 0 Å². The van der Waals surface area contributed by atoms with Crippen LogP contribution in [-0.2, 0) is 13.0 Å². The van der Waals surface area contributed by atoms with Crippen molar-refractivity contribution in [3.05, 3.63) is 54.1 Å². The Bertz CT molecular complexity index is 483. The van der Waals surface area contributed by atoms with E-state index >= 15 is 0 Å². The van der Waals surface area contributed by atoms with Crippen molar-refractivity contribution < 1.29 is 0 Å². The summed E-state index contributed by atoms with van der Waals surface area (Å²) in [4.78, 5) is 4.30. The van der Waals surface area contributed by atoms with E-state index in [1.807, 2.05) is 12.5 Å². The molecule has 2 heterocycles. The lowest BCUT2D eigenvalue weighted by molar-refractivity contribution is 0.553. The summed E-state index contributed by atoms with van der Waals surface area (Å²) in [6.07, 6.45) is 6.39. The van der Waals surface area contributed by atoms with Gasteiger partial charge >= 0.3 is 0 Å². The Morgan fingerprint density at radius 3 is 2.94 bits per heavy atom. The monoisotopic (exact) mass is 241 g/mol. The summed E-state index contributed by atoms with van der Waals surface area (Å²) >= 11 is 0. The molecular weight excluding hydrogens is 222 g/mol. The van der Waals surface area contributed by atoms with Crippen LogP contribution in [0, 0.1) is 5.92 Å². The van der Waals surface area contributed by atoms with Crippen LogP contribution < -0.4 is 5.32 Å². The molecule has 0 spiro atoms. The third-order valence-corrected chi connectivity index (χ3v) is 3.65. The van der Waals surface area contributed by atoms with Crippen molar-refractivity contribution in [3.63, 3.8) is 0 Å². The molecule has 1 N–H and O–H groups in total. The number of nitrogens with one attached hydrogen (secondary N) is 1. The van der Waals surface area contributed by atoms with Crippen molar-refractivity contribution in [2.24, 2.45) is 5.92 Å². The molecule has 1 saturated heterocycles. The number of hydrogen-bond acceptors (Lipinski definition) is 2. The lowest BCUT2D eigenvalue weighted by Gasteiger charge is -2.11. The number of benzene rings is 1. The first-order valence-electron chi connectivity index (χ1n) is 6.65. The maximum Gasteiger partial charge on any atom is 0.0951 e. The molecule has 3 rings (SSSR count). The molecule has 1 aromatic carbocycles. The minimum Gasteiger partial charge on any atom is -0.330 e. The van der Waals surface area contributed by atoms with Gasteiger partial charge in [0.05, 0.1) is 6.33 Å². The summed E-state index contributed by atoms with van der Waals surface area (Å²) in [6.45, 7) is 3.24. The molecular formula is C15H19N3. The second-order valence-electron chi connectivity index (χ2n) is 5.06. The van der Waals surface area contributed by atoms with E-state index in [0.29, 0.717) is 0 Å². The van der Waals surface area contributed by atoms with E-state index in [-0.39, 0.29) is 0 Å². The molecule has 1 aliphatic heterocycles. The molecule has 1 unspecified atom stereocenters. The van der Waals surface area contributed by atoms with Gasteiger partial charge < -0.3 is 9.88 Å². The second kappa shape index (κ2) is 5.36. The molecule has 1 atom stereocenters. The molecule has 3 nitrogen and oxygen atoms in total. The molecule has 0 bridgehead atoms. The molecule has 1 aliphatic rings. The van der Waals surface area contributed by atoms with E-state index in [1.54, 1.807) is 0 Å². The Morgan fingerprint density at radius 2 is 2.17 bits per heavy atom. The van der Waals surface area contributed by atoms with E-state index < -0.39 is 0 Å². The Balaban J connectivity index is 1.71. The van der Waals surface area contributed by atoms with Crippen LogP contribution in [0.15, 0.2) is 42.9 Å². The average Bonchev–Trinajstić information content (AvgIpc) is 3.04. The van der Waals surface area contributed by atoms with E-state index in [4.69, 9.17) is 0 Å². The van der Waals surface area contributed by atoms with Crippen molar-refractivity contribution >= 4 is 0 Å². The van der Waals surface area contributed by atoms with Crippen molar-refractivity contribution in [1.82, 2.24) is 14.9 Å². The Kier molecular flexibility index (Phi) is 3.42. The third kappa shape index (κ3) is 2.62.